The summed E-state index contributed by atoms with van der Waals surface area (Å²) in [4.78, 5) is 11.5. The molecule has 0 spiro atoms. The Morgan fingerprint density at radius 3 is 2.28 bits per heavy atom. The van der Waals surface area contributed by atoms with Gasteiger partial charge in [0.1, 0.15) is 0 Å². The van der Waals surface area contributed by atoms with E-state index in [1.54, 1.807) is 12.4 Å². The summed E-state index contributed by atoms with van der Waals surface area (Å²) in [5.41, 5.74) is -0.880. The zero-order valence-corrected chi connectivity index (χ0v) is 12.2. The number of hydrogen-bond acceptors (Lipinski definition) is 3. The van der Waals surface area contributed by atoms with Gasteiger partial charge in [0.05, 0.1) is 0 Å². The fraction of sp³-hybridized carbons (Fsp3) is 0.100. The summed E-state index contributed by atoms with van der Waals surface area (Å²) in [6, 6.07) is 2.41. The van der Waals surface area contributed by atoms with Crippen molar-refractivity contribution >= 4 is 40.5 Å². The molecule has 0 atom stereocenters. The van der Waals surface area contributed by atoms with Gasteiger partial charge in [0.25, 0.3) is 0 Å². The molecule has 0 N–H and O–H groups in total. The molecule has 0 aliphatic heterocycles. The number of rotatable bonds is 2. The normalized spacial score (nSPS) is 12.2. The van der Waals surface area contributed by atoms with E-state index >= 15 is 0 Å². The van der Waals surface area contributed by atoms with E-state index in [1.807, 2.05) is 0 Å². The first kappa shape index (κ1) is 13.5. The molecule has 93 valence electrons. The molecule has 0 aliphatic carbocycles. The van der Waals surface area contributed by atoms with Gasteiger partial charge in [-0.05, 0) is 0 Å². The minimum absolute atomic E-state index is 0.502. The molecule has 2 heterocycles. The molecule has 0 aromatic carbocycles. The molecular weight excluding hydrogens is 374 g/mol. The summed E-state index contributed by atoms with van der Waals surface area (Å²) in [5.74, 6) is 0. The van der Waals surface area contributed by atoms with E-state index in [4.69, 9.17) is 0 Å². The second-order valence-corrected chi connectivity index (χ2v) is 6.53. The quantitative estimate of drug-likeness (QED) is 0.739. The average Bonchev–Trinajstić information content (AvgIpc) is 2.32. The first-order chi connectivity index (χ1) is 8.45. The molecule has 0 saturated heterocycles. The van der Waals surface area contributed by atoms with Crippen LogP contribution in [0.25, 0.3) is 0 Å². The second-order valence-electron chi connectivity index (χ2n) is 3.21. The topological polar surface area (TPSA) is 38.7 Å². The van der Waals surface area contributed by atoms with Crippen LogP contribution in [0.1, 0.15) is 5.69 Å². The van der Waals surface area contributed by atoms with Gasteiger partial charge in [-0.3, -0.25) is 0 Å². The van der Waals surface area contributed by atoms with Crippen LogP contribution in [0.3, 0.4) is 0 Å². The Morgan fingerprint density at radius 2 is 1.78 bits per heavy atom. The van der Waals surface area contributed by atoms with Gasteiger partial charge < -0.3 is 0 Å². The molecule has 0 amide bonds. The predicted molar refractivity (Wildman–Crippen MR) is 64.0 cm³/mol. The van der Waals surface area contributed by atoms with Crippen molar-refractivity contribution in [3.05, 3.63) is 41.0 Å². The minimum atomic E-state index is -4.40. The van der Waals surface area contributed by atoms with Crippen LogP contribution in [0.4, 0.5) is 13.2 Å². The van der Waals surface area contributed by atoms with Gasteiger partial charge >= 0.3 is 116 Å². The number of alkyl halides is 3. The van der Waals surface area contributed by atoms with Crippen LogP contribution in [0.2, 0.25) is 0 Å². The van der Waals surface area contributed by atoms with Crippen molar-refractivity contribution in [2.45, 2.75) is 6.18 Å². The van der Waals surface area contributed by atoms with E-state index in [9.17, 15) is 13.2 Å². The molecule has 3 nitrogen and oxygen atoms in total. The van der Waals surface area contributed by atoms with Crippen LogP contribution in [0.15, 0.2) is 35.3 Å². The van der Waals surface area contributed by atoms with Gasteiger partial charge in [-0.15, -0.1) is 0 Å². The first-order valence-electron chi connectivity index (χ1n) is 4.68. The Kier molecular flexibility index (Phi) is 4.02. The summed E-state index contributed by atoms with van der Waals surface area (Å²) in [6.07, 6.45) is 0.00319. The number of hydrogen-bond donors (Lipinski definition) is 0. The molecule has 0 unspecified atom stereocenters. The maximum absolute atomic E-state index is 12.3. The number of aromatic nitrogens is 3. The van der Waals surface area contributed by atoms with E-state index in [0.717, 1.165) is 14.9 Å². The monoisotopic (exact) mass is 378 g/mol. The number of pyridine rings is 1. The molecule has 1 radical (unpaired) electrons. The van der Waals surface area contributed by atoms with Crippen LogP contribution in [0.5, 0.6) is 0 Å². The van der Waals surface area contributed by atoms with Crippen LogP contribution >= 0.6 is 15.9 Å². The molecular formula is C10H5AsBrF3N3. The zero-order chi connectivity index (χ0) is 13.2. The standard InChI is InChI=1S/C10H5AsBrF3N3/c12-9-5-17-8(4-18-9)11-6-1-2-7(16-3-6)10(13,14)15/h1-5H. The van der Waals surface area contributed by atoms with Crippen molar-refractivity contribution in [2.24, 2.45) is 0 Å². The Labute approximate surface area is 116 Å². The number of halogens is 4. The maximum atomic E-state index is 12.3. The molecule has 0 fully saturated rings. The van der Waals surface area contributed by atoms with E-state index < -0.39 is 27.6 Å². The van der Waals surface area contributed by atoms with E-state index in [2.05, 4.69) is 30.9 Å². The van der Waals surface area contributed by atoms with Crippen molar-refractivity contribution in [3.8, 4) is 0 Å². The summed E-state index contributed by atoms with van der Waals surface area (Å²) in [7, 11) is 0. The SMILES string of the molecule is FC(F)(F)c1ccc([As]c2cnc(Br)cn2)cn1. The van der Waals surface area contributed by atoms with Gasteiger partial charge in [-0.1, -0.05) is 0 Å². The predicted octanol–water partition coefficient (Wildman–Crippen LogP) is 1.31. The van der Waals surface area contributed by atoms with Gasteiger partial charge in [-0.25, -0.2) is 0 Å². The molecule has 2 aromatic heterocycles. The third-order valence-corrected chi connectivity index (χ3v) is 4.36. The van der Waals surface area contributed by atoms with E-state index in [0.29, 0.717) is 4.60 Å². The zero-order valence-electron chi connectivity index (χ0n) is 8.69. The summed E-state index contributed by atoms with van der Waals surface area (Å²) >= 11 is 2.66. The van der Waals surface area contributed by atoms with E-state index in [-0.39, 0.29) is 0 Å². The fourth-order valence-corrected chi connectivity index (χ4v) is 2.91. The Hall–Kier alpha value is -0.942. The molecule has 0 saturated carbocycles. The molecule has 0 aliphatic rings. The molecule has 0 bridgehead atoms. The van der Waals surface area contributed by atoms with Crippen molar-refractivity contribution in [3.63, 3.8) is 0 Å². The van der Waals surface area contributed by atoms with Crippen molar-refractivity contribution in [2.75, 3.05) is 0 Å². The molecule has 18 heavy (non-hydrogen) atoms. The summed E-state index contributed by atoms with van der Waals surface area (Å²) in [6.45, 7) is 0. The van der Waals surface area contributed by atoms with Gasteiger partial charge in [-0.2, -0.15) is 0 Å². The second kappa shape index (κ2) is 5.36. The van der Waals surface area contributed by atoms with Crippen LogP contribution in [-0.2, 0) is 6.18 Å². The fourth-order valence-electron chi connectivity index (χ4n) is 1.12. The first-order valence-corrected chi connectivity index (χ1v) is 7.34. The molecule has 8 heteroatoms. The van der Waals surface area contributed by atoms with Crippen LogP contribution in [-0.4, -0.2) is 30.7 Å². The van der Waals surface area contributed by atoms with Gasteiger partial charge in [0.15, 0.2) is 0 Å². The van der Waals surface area contributed by atoms with Gasteiger partial charge in [0, 0.05) is 0 Å². The summed E-state index contributed by atoms with van der Waals surface area (Å²) in [5, 5.41) is 0. The average molecular weight is 379 g/mol. The van der Waals surface area contributed by atoms with E-state index in [1.165, 1.54) is 12.3 Å². The Balaban J connectivity index is 2.13. The Morgan fingerprint density at radius 1 is 1.00 bits per heavy atom. The third-order valence-electron chi connectivity index (χ3n) is 1.89. The molecule has 2 aromatic rings. The van der Waals surface area contributed by atoms with Crippen LogP contribution < -0.4 is 8.83 Å². The van der Waals surface area contributed by atoms with Crippen molar-refractivity contribution in [1.29, 1.82) is 0 Å². The van der Waals surface area contributed by atoms with Crippen molar-refractivity contribution < 1.29 is 13.2 Å². The number of nitrogens with zero attached hydrogens (tertiary/aromatic N) is 3. The Bertz CT molecular complexity index is 528. The van der Waals surface area contributed by atoms with Crippen LogP contribution in [0, 0.1) is 0 Å². The van der Waals surface area contributed by atoms with Crippen molar-refractivity contribution in [1.82, 2.24) is 15.0 Å². The third kappa shape index (κ3) is 3.52. The van der Waals surface area contributed by atoms with Gasteiger partial charge in [0.2, 0.25) is 0 Å². The summed E-state index contributed by atoms with van der Waals surface area (Å²) < 4.78 is 39.1. The molecule has 2 rings (SSSR count).